The minimum absolute atomic E-state index is 0.0716. The summed E-state index contributed by atoms with van der Waals surface area (Å²) in [6.07, 6.45) is 2.03. The van der Waals surface area contributed by atoms with Gasteiger partial charge in [-0.15, -0.1) is 0 Å². The highest BCUT2D eigenvalue weighted by Crippen LogP contribution is 2.23. The van der Waals surface area contributed by atoms with Gasteiger partial charge in [0, 0.05) is 6.92 Å². The molecule has 1 aliphatic heterocycles. The van der Waals surface area contributed by atoms with Gasteiger partial charge in [-0.1, -0.05) is 12.1 Å². The molecule has 0 unspecified atom stereocenters. The van der Waals surface area contributed by atoms with E-state index in [0.717, 1.165) is 37.0 Å². The van der Waals surface area contributed by atoms with Crippen LogP contribution in [-0.2, 0) is 0 Å². The molecule has 0 saturated carbocycles. The molecule has 0 atom stereocenters. The fourth-order valence-electron chi connectivity index (χ4n) is 2.45. The van der Waals surface area contributed by atoms with E-state index in [2.05, 4.69) is 10.3 Å². The second-order valence-corrected chi connectivity index (χ2v) is 4.80. The number of hydrogen-bond acceptors (Lipinski definition) is 4. The van der Waals surface area contributed by atoms with Crippen molar-refractivity contribution in [2.24, 2.45) is 0 Å². The molecule has 1 aromatic heterocycles. The van der Waals surface area contributed by atoms with E-state index in [0.29, 0.717) is 6.01 Å². The topological polar surface area (TPSA) is 56.1 Å². The smallest absolute Gasteiger partial charge is 0.304 e. The number of ether oxygens (including phenoxy) is 1. The Labute approximate surface area is 111 Å². The SMILES string of the molecule is CC(=O)n1c(OC2CCNCC2)nc2ccccc21. The summed E-state index contributed by atoms with van der Waals surface area (Å²) in [5.41, 5.74) is 1.60. The summed E-state index contributed by atoms with van der Waals surface area (Å²) < 4.78 is 7.48. The number of para-hydroxylation sites is 2. The predicted octanol–water partition coefficient (Wildman–Crippen LogP) is 1.83. The van der Waals surface area contributed by atoms with Crippen molar-refractivity contribution < 1.29 is 9.53 Å². The third-order valence-corrected chi connectivity index (χ3v) is 3.40. The van der Waals surface area contributed by atoms with Gasteiger partial charge in [-0.25, -0.2) is 4.57 Å². The molecular formula is C14H17N3O2. The molecule has 0 spiro atoms. The van der Waals surface area contributed by atoms with E-state index in [9.17, 15) is 4.79 Å². The van der Waals surface area contributed by atoms with Crippen molar-refractivity contribution in [3.63, 3.8) is 0 Å². The van der Waals surface area contributed by atoms with E-state index in [4.69, 9.17) is 4.74 Å². The fourth-order valence-corrected chi connectivity index (χ4v) is 2.45. The van der Waals surface area contributed by atoms with E-state index in [1.165, 1.54) is 6.92 Å². The quantitative estimate of drug-likeness (QED) is 0.894. The molecule has 3 rings (SSSR count). The van der Waals surface area contributed by atoms with Crippen LogP contribution in [0.15, 0.2) is 24.3 Å². The number of rotatable bonds is 2. The Morgan fingerprint density at radius 1 is 1.37 bits per heavy atom. The maximum absolute atomic E-state index is 11.8. The summed E-state index contributed by atoms with van der Waals surface area (Å²) in [4.78, 5) is 16.2. The molecule has 0 bridgehead atoms. The molecule has 1 saturated heterocycles. The van der Waals surface area contributed by atoms with Crippen LogP contribution in [0, 0.1) is 0 Å². The number of benzene rings is 1. The van der Waals surface area contributed by atoms with Gasteiger partial charge in [0.2, 0.25) is 5.91 Å². The summed E-state index contributed by atoms with van der Waals surface area (Å²) in [5.74, 6) is -0.0716. The molecule has 0 radical (unpaired) electrons. The number of aromatic nitrogens is 2. The monoisotopic (exact) mass is 259 g/mol. The third-order valence-electron chi connectivity index (χ3n) is 3.40. The highest BCUT2D eigenvalue weighted by atomic mass is 16.5. The Morgan fingerprint density at radius 2 is 2.11 bits per heavy atom. The summed E-state index contributed by atoms with van der Waals surface area (Å²) in [5, 5.41) is 3.29. The molecule has 100 valence electrons. The molecule has 19 heavy (non-hydrogen) atoms. The maximum atomic E-state index is 11.8. The van der Waals surface area contributed by atoms with Crippen molar-refractivity contribution in [2.75, 3.05) is 13.1 Å². The highest BCUT2D eigenvalue weighted by Gasteiger charge is 2.20. The maximum Gasteiger partial charge on any atom is 0.304 e. The van der Waals surface area contributed by atoms with E-state index < -0.39 is 0 Å². The van der Waals surface area contributed by atoms with Crippen LogP contribution in [0.2, 0.25) is 0 Å². The number of hydrogen-bond donors (Lipinski definition) is 1. The number of carbonyl (C=O) groups excluding carboxylic acids is 1. The number of piperidine rings is 1. The van der Waals surface area contributed by atoms with Crippen molar-refractivity contribution in [1.82, 2.24) is 14.9 Å². The third kappa shape index (κ3) is 2.33. The van der Waals surface area contributed by atoms with Crippen LogP contribution in [0.5, 0.6) is 6.01 Å². The van der Waals surface area contributed by atoms with E-state index in [-0.39, 0.29) is 12.0 Å². The Hall–Kier alpha value is -1.88. The first-order chi connectivity index (χ1) is 9.25. The van der Waals surface area contributed by atoms with Crippen molar-refractivity contribution in [1.29, 1.82) is 0 Å². The Balaban J connectivity index is 1.97. The van der Waals surface area contributed by atoms with Crippen LogP contribution in [0.3, 0.4) is 0 Å². The standard InChI is InChI=1S/C14H17N3O2/c1-10(18)17-13-5-3-2-4-12(13)16-14(17)19-11-6-8-15-9-7-11/h2-5,11,15H,6-9H2,1H3. The minimum Gasteiger partial charge on any atom is -0.461 e. The van der Waals surface area contributed by atoms with Gasteiger partial charge in [-0.2, -0.15) is 4.98 Å². The van der Waals surface area contributed by atoms with Crippen molar-refractivity contribution >= 4 is 16.9 Å². The molecule has 0 aliphatic carbocycles. The number of imidazole rings is 1. The Kier molecular flexibility index (Phi) is 3.21. The van der Waals surface area contributed by atoms with Crippen LogP contribution in [-0.4, -0.2) is 34.7 Å². The second-order valence-electron chi connectivity index (χ2n) is 4.80. The first-order valence-corrected chi connectivity index (χ1v) is 6.61. The first-order valence-electron chi connectivity index (χ1n) is 6.61. The largest absolute Gasteiger partial charge is 0.461 e. The van der Waals surface area contributed by atoms with Crippen molar-refractivity contribution in [2.45, 2.75) is 25.9 Å². The average molecular weight is 259 g/mol. The molecular weight excluding hydrogens is 242 g/mol. The van der Waals surface area contributed by atoms with E-state index in [1.54, 1.807) is 4.57 Å². The van der Waals surface area contributed by atoms with Crippen molar-refractivity contribution in [3.8, 4) is 6.01 Å². The average Bonchev–Trinajstić information content (AvgIpc) is 2.77. The molecule has 1 fully saturated rings. The minimum atomic E-state index is -0.0716. The zero-order valence-corrected chi connectivity index (χ0v) is 10.9. The van der Waals surface area contributed by atoms with Crippen LogP contribution in [0.25, 0.3) is 11.0 Å². The zero-order valence-electron chi connectivity index (χ0n) is 10.9. The van der Waals surface area contributed by atoms with E-state index in [1.807, 2.05) is 24.3 Å². The van der Waals surface area contributed by atoms with Gasteiger partial charge in [0.15, 0.2) is 0 Å². The molecule has 5 nitrogen and oxygen atoms in total. The molecule has 1 N–H and O–H groups in total. The lowest BCUT2D eigenvalue weighted by atomic mass is 10.1. The summed E-state index contributed by atoms with van der Waals surface area (Å²) in [6.45, 7) is 3.43. The summed E-state index contributed by atoms with van der Waals surface area (Å²) in [7, 11) is 0. The van der Waals surface area contributed by atoms with E-state index >= 15 is 0 Å². The van der Waals surface area contributed by atoms with Crippen LogP contribution < -0.4 is 10.1 Å². The van der Waals surface area contributed by atoms with Gasteiger partial charge < -0.3 is 10.1 Å². The van der Waals surface area contributed by atoms with Crippen LogP contribution in [0.4, 0.5) is 0 Å². The summed E-state index contributed by atoms with van der Waals surface area (Å²) >= 11 is 0. The van der Waals surface area contributed by atoms with Gasteiger partial charge >= 0.3 is 6.01 Å². The lowest BCUT2D eigenvalue weighted by molar-refractivity contribution is 0.0901. The lowest BCUT2D eigenvalue weighted by Crippen LogP contribution is -2.34. The number of nitrogens with one attached hydrogen (secondary N) is 1. The molecule has 5 heteroatoms. The van der Waals surface area contributed by atoms with Gasteiger partial charge in [0.25, 0.3) is 0 Å². The lowest BCUT2D eigenvalue weighted by Gasteiger charge is -2.23. The number of fused-ring (bicyclic) bond motifs is 1. The van der Waals surface area contributed by atoms with Crippen molar-refractivity contribution in [3.05, 3.63) is 24.3 Å². The number of carbonyl (C=O) groups is 1. The summed E-state index contributed by atoms with van der Waals surface area (Å²) in [6, 6.07) is 8.01. The Morgan fingerprint density at radius 3 is 2.84 bits per heavy atom. The predicted molar refractivity (Wildman–Crippen MR) is 72.6 cm³/mol. The van der Waals surface area contributed by atoms with Crippen LogP contribution >= 0.6 is 0 Å². The molecule has 1 aromatic carbocycles. The normalized spacial score (nSPS) is 16.7. The van der Waals surface area contributed by atoms with Gasteiger partial charge in [-0.05, 0) is 38.1 Å². The van der Waals surface area contributed by atoms with Gasteiger partial charge in [0.05, 0.1) is 11.0 Å². The zero-order chi connectivity index (χ0) is 13.2. The number of nitrogens with zero attached hydrogens (tertiary/aromatic N) is 2. The molecule has 2 heterocycles. The fraction of sp³-hybridized carbons (Fsp3) is 0.429. The Bertz CT molecular complexity index is 600. The van der Waals surface area contributed by atoms with Gasteiger partial charge in [0.1, 0.15) is 6.10 Å². The first kappa shape index (κ1) is 12.2. The highest BCUT2D eigenvalue weighted by molar-refractivity contribution is 5.90. The molecule has 0 amide bonds. The second kappa shape index (κ2) is 5.01. The molecule has 1 aliphatic rings. The molecule has 2 aromatic rings. The van der Waals surface area contributed by atoms with Crippen LogP contribution in [0.1, 0.15) is 24.6 Å². The van der Waals surface area contributed by atoms with Gasteiger partial charge in [-0.3, -0.25) is 4.79 Å².